The summed E-state index contributed by atoms with van der Waals surface area (Å²) in [5, 5.41) is 3.22. The fraction of sp³-hybridized carbons (Fsp3) is 0.500. The van der Waals surface area contributed by atoms with Crippen molar-refractivity contribution >= 4 is 0 Å². The Balaban J connectivity index is 2.55. The second-order valence-electron chi connectivity index (χ2n) is 2.75. The third-order valence-electron chi connectivity index (χ3n) is 1.51. The molecule has 0 aromatic heterocycles. The predicted molar refractivity (Wildman–Crippen MR) is 39.8 cm³/mol. The summed E-state index contributed by atoms with van der Waals surface area (Å²) in [6, 6.07) is 0. The van der Waals surface area contributed by atoms with Crippen LogP contribution in [-0.4, -0.2) is 0 Å². The Hall–Kier alpha value is -0.720. The van der Waals surface area contributed by atoms with E-state index in [2.05, 4.69) is 31.8 Å². The molecule has 0 saturated heterocycles. The Bertz CT molecular complexity index is 154. The molecule has 1 heteroatoms. The molecule has 0 bridgehead atoms. The predicted octanol–water partition coefficient (Wildman–Crippen LogP) is 2.03. The van der Waals surface area contributed by atoms with Gasteiger partial charge in [-0.25, -0.2) is 0 Å². The molecule has 9 heavy (non-hydrogen) atoms. The molecule has 1 aliphatic heterocycles. The topological polar surface area (TPSA) is 12.0 Å². The first-order valence-electron chi connectivity index (χ1n) is 3.35. The molecule has 0 saturated carbocycles. The van der Waals surface area contributed by atoms with Crippen molar-refractivity contribution in [1.29, 1.82) is 0 Å². The largest absolute Gasteiger partial charge is 0.363 e. The minimum atomic E-state index is 0.615. The molecule has 0 radical (unpaired) electrons. The summed E-state index contributed by atoms with van der Waals surface area (Å²) in [5.41, 5.74) is 2.44. The molecule has 50 valence electrons. The van der Waals surface area contributed by atoms with Crippen molar-refractivity contribution in [1.82, 2.24) is 5.32 Å². The first-order chi connectivity index (χ1) is 4.20. The molecule has 1 N–H and O–H groups in total. The van der Waals surface area contributed by atoms with E-state index < -0.39 is 0 Å². The van der Waals surface area contributed by atoms with Crippen LogP contribution in [0.5, 0.6) is 0 Å². The van der Waals surface area contributed by atoms with Gasteiger partial charge in [-0.05, 0) is 5.92 Å². The molecule has 0 aromatic carbocycles. The standard InChI is InChI=1S/C8H13N/c1-6(2)8-5-4-7(3)9-8/h5-6,9H,3-4H2,1-2H3. The Morgan fingerprint density at radius 2 is 2.33 bits per heavy atom. The Kier molecular flexibility index (Phi) is 1.60. The molecule has 1 aliphatic rings. The van der Waals surface area contributed by atoms with Crippen LogP contribution < -0.4 is 5.32 Å². The van der Waals surface area contributed by atoms with Crippen molar-refractivity contribution in [2.75, 3.05) is 0 Å². The van der Waals surface area contributed by atoms with Gasteiger partial charge in [-0.2, -0.15) is 0 Å². The van der Waals surface area contributed by atoms with Crippen LogP contribution in [-0.2, 0) is 0 Å². The number of hydrogen-bond donors (Lipinski definition) is 1. The molecule has 1 heterocycles. The van der Waals surface area contributed by atoms with Crippen molar-refractivity contribution in [3.05, 3.63) is 24.0 Å². The average molecular weight is 123 g/mol. The van der Waals surface area contributed by atoms with E-state index in [9.17, 15) is 0 Å². The fourth-order valence-electron chi connectivity index (χ4n) is 0.919. The maximum atomic E-state index is 3.82. The van der Waals surface area contributed by atoms with Crippen LogP contribution in [0.15, 0.2) is 24.0 Å². The van der Waals surface area contributed by atoms with Crippen LogP contribution in [0.1, 0.15) is 20.3 Å². The molecule has 0 aromatic rings. The summed E-state index contributed by atoms with van der Waals surface area (Å²) in [7, 11) is 0. The maximum absolute atomic E-state index is 3.82. The van der Waals surface area contributed by atoms with Crippen molar-refractivity contribution in [2.24, 2.45) is 5.92 Å². The van der Waals surface area contributed by atoms with Gasteiger partial charge in [-0.15, -0.1) is 0 Å². The molecular formula is C8H13N. The normalized spacial score (nSPS) is 18.1. The summed E-state index contributed by atoms with van der Waals surface area (Å²) in [6.07, 6.45) is 3.21. The lowest BCUT2D eigenvalue weighted by Crippen LogP contribution is -2.09. The Labute approximate surface area is 56.5 Å². The molecule has 1 nitrogen and oxygen atoms in total. The smallest absolute Gasteiger partial charge is 0.0138 e. The molecule has 0 unspecified atom stereocenters. The molecule has 0 atom stereocenters. The van der Waals surface area contributed by atoms with Gasteiger partial charge in [0.2, 0.25) is 0 Å². The lowest BCUT2D eigenvalue weighted by Gasteiger charge is -2.06. The quantitative estimate of drug-likeness (QED) is 0.562. The number of hydrogen-bond acceptors (Lipinski definition) is 1. The summed E-state index contributed by atoms with van der Waals surface area (Å²) in [5.74, 6) is 0.615. The highest BCUT2D eigenvalue weighted by molar-refractivity contribution is 5.20. The molecule has 0 amide bonds. The van der Waals surface area contributed by atoms with Gasteiger partial charge in [0.15, 0.2) is 0 Å². The SMILES string of the molecule is C=C1CC=C(C(C)C)N1. The summed E-state index contributed by atoms with van der Waals surface area (Å²) < 4.78 is 0. The molecular weight excluding hydrogens is 110 g/mol. The second-order valence-corrected chi connectivity index (χ2v) is 2.75. The van der Waals surface area contributed by atoms with Gasteiger partial charge >= 0.3 is 0 Å². The van der Waals surface area contributed by atoms with E-state index in [0.29, 0.717) is 5.92 Å². The summed E-state index contributed by atoms with van der Waals surface area (Å²) in [4.78, 5) is 0. The lowest BCUT2D eigenvalue weighted by atomic mass is 10.1. The van der Waals surface area contributed by atoms with Crippen molar-refractivity contribution in [3.8, 4) is 0 Å². The van der Waals surface area contributed by atoms with Crippen molar-refractivity contribution in [2.45, 2.75) is 20.3 Å². The zero-order valence-corrected chi connectivity index (χ0v) is 6.07. The highest BCUT2D eigenvalue weighted by Crippen LogP contribution is 2.16. The second kappa shape index (κ2) is 2.26. The average Bonchev–Trinajstić information content (AvgIpc) is 2.14. The minimum absolute atomic E-state index is 0.615. The first kappa shape index (κ1) is 6.40. The van der Waals surface area contributed by atoms with Gasteiger partial charge in [-0.1, -0.05) is 26.5 Å². The van der Waals surface area contributed by atoms with Crippen molar-refractivity contribution < 1.29 is 0 Å². The van der Waals surface area contributed by atoms with Crippen molar-refractivity contribution in [3.63, 3.8) is 0 Å². The third-order valence-corrected chi connectivity index (χ3v) is 1.51. The first-order valence-corrected chi connectivity index (χ1v) is 3.35. The van der Waals surface area contributed by atoms with Crippen LogP contribution in [0.4, 0.5) is 0 Å². The van der Waals surface area contributed by atoms with Crippen LogP contribution in [0.3, 0.4) is 0 Å². The Morgan fingerprint density at radius 1 is 1.67 bits per heavy atom. The van der Waals surface area contributed by atoms with Crippen LogP contribution in [0.25, 0.3) is 0 Å². The molecule has 0 aliphatic carbocycles. The van der Waals surface area contributed by atoms with E-state index in [1.807, 2.05) is 0 Å². The number of allylic oxidation sites excluding steroid dienone is 2. The Morgan fingerprint density at radius 3 is 2.56 bits per heavy atom. The van der Waals surface area contributed by atoms with E-state index in [1.165, 1.54) is 5.70 Å². The van der Waals surface area contributed by atoms with Gasteiger partial charge in [0.25, 0.3) is 0 Å². The lowest BCUT2D eigenvalue weighted by molar-refractivity contribution is 0.717. The number of nitrogens with one attached hydrogen (secondary N) is 1. The van der Waals surface area contributed by atoms with E-state index >= 15 is 0 Å². The zero-order valence-electron chi connectivity index (χ0n) is 6.07. The van der Waals surface area contributed by atoms with Gasteiger partial charge in [-0.3, -0.25) is 0 Å². The molecule has 1 rings (SSSR count). The van der Waals surface area contributed by atoms with Gasteiger partial charge in [0.1, 0.15) is 0 Å². The van der Waals surface area contributed by atoms with Gasteiger partial charge in [0.05, 0.1) is 0 Å². The summed E-state index contributed by atoms with van der Waals surface area (Å²) in [6.45, 7) is 8.18. The fourth-order valence-corrected chi connectivity index (χ4v) is 0.919. The van der Waals surface area contributed by atoms with E-state index in [0.717, 1.165) is 12.1 Å². The van der Waals surface area contributed by atoms with E-state index in [1.54, 1.807) is 0 Å². The van der Waals surface area contributed by atoms with Crippen LogP contribution in [0, 0.1) is 5.92 Å². The van der Waals surface area contributed by atoms with Crippen LogP contribution >= 0.6 is 0 Å². The van der Waals surface area contributed by atoms with Gasteiger partial charge < -0.3 is 5.32 Å². The van der Waals surface area contributed by atoms with E-state index in [4.69, 9.17) is 0 Å². The molecule has 0 spiro atoms. The van der Waals surface area contributed by atoms with Crippen LogP contribution in [0.2, 0.25) is 0 Å². The molecule has 0 fully saturated rings. The third kappa shape index (κ3) is 1.35. The summed E-state index contributed by atoms with van der Waals surface area (Å²) >= 11 is 0. The highest BCUT2D eigenvalue weighted by Gasteiger charge is 2.08. The highest BCUT2D eigenvalue weighted by atomic mass is 14.9. The van der Waals surface area contributed by atoms with E-state index in [-0.39, 0.29) is 0 Å². The monoisotopic (exact) mass is 123 g/mol. The zero-order chi connectivity index (χ0) is 6.85. The van der Waals surface area contributed by atoms with Gasteiger partial charge in [0, 0.05) is 17.8 Å². The maximum Gasteiger partial charge on any atom is 0.0138 e. The number of rotatable bonds is 1. The minimum Gasteiger partial charge on any atom is -0.363 e.